The molecule has 1 aliphatic carbocycles. The Labute approximate surface area is 97.8 Å². The number of hydrogen-bond acceptors (Lipinski definition) is 3. The van der Waals surface area contributed by atoms with Gasteiger partial charge in [-0.25, -0.2) is 0 Å². The van der Waals surface area contributed by atoms with Crippen LogP contribution in [-0.4, -0.2) is 33.6 Å². The molecular formula is C13H24O3. The molecule has 2 N–H and O–H groups in total. The van der Waals surface area contributed by atoms with E-state index in [9.17, 15) is 5.11 Å². The highest BCUT2D eigenvalue weighted by Crippen LogP contribution is 2.55. The summed E-state index contributed by atoms with van der Waals surface area (Å²) in [4.78, 5) is 0. The van der Waals surface area contributed by atoms with Crippen molar-refractivity contribution in [1.82, 2.24) is 0 Å². The number of fused-ring (bicyclic) bond motifs is 3. The van der Waals surface area contributed by atoms with Gasteiger partial charge in [0.1, 0.15) is 0 Å². The molecule has 3 rings (SSSR count). The van der Waals surface area contributed by atoms with Gasteiger partial charge in [-0.1, -0.05) is 0 Å². The summed E-state index contributed by atoms with van der Waals surface area (Å²) in [5.74, 6) is 0.202. The van der Waals surface area contributed by atoms with Crippen LogP contribution in [0.15, 0.2) is 0 Å². The van der Waals surface area contributed by atoms with E-state index in [1.165, 1.54) is 0 Å². The molecule has 0 aromatic carbocycles. The molecule has 2 aliphatic heterocycles. The third-order valence-corrected chi connectivity index (χ3v) is 4.41. The lowest BCUT2D eigenvalue weighted by atomic mass is 9.59. The van der Waals surface area contributed by atoms with Crippen LogP contribution in [0.4, 0.5) is 0 Å². The Bertz CT molecular complexity index is 274. The number of ether oxygens (including phenoxy) is 1. The van der Waals surface area contributed by atoms with Crippen molar-refractivity contribution in [3.63, 3.8) is 0 Å². The van der Waals surface area contributed by atoms with Crippen molar-refractivity contribution in [1.29, 1.82) is 0 Å². The van der Waals surface area contributed by atoms with E-state index in [0.717, 1.165) is 12.8 Å². The van der Waals surface area contributed by atoms with E-state index in [1.54, 1.807) is 0 Å². The summed E-state index contributed by atoms with van der Waals surface area (Å²) < 4.78 is 6.11. The lowest BCUT2D eigenvalue weighted by Gasteiger charge is -2.61. The van der Waals surface area contributed by atoms with Gasteiger partial charge in [0.25, 0.3) is 0 Å². The van der Waals surface area contributed by atoms with Crippen molar-refractivity contribution in [3.05, 3.63) is 0 Å². The van der Waals surface area contributed by atoms with Crippen LogP contribution < -0.4 is 0 Å². The fourth-order valence-electron chi connectivity index (χ4n) is 4.01. The fourth-order valence-corrected chi connectivity index (χ4v) is 4.01. The van der Waals surface area contributed by atoms with Gasteiger partial charge in [0.05, 0.1) is 16.8 Å². The van der Waals surface area contributed by atoms with Crippen molar-refractivity contribution in [2.75, 3.05) is 6.61 Å². The Kier molecular flexibility index (Phi) is 2.84. The van der Waals surface area contributed by atoms with Gasteiger partial charge in [0, 0.05) is 18.9 Å². The van der Waals surface area contributed by atoms with Gasteiger partial charge >= 0.3 is 0 Å². The van der Waals surface area contributed by atoms with Crippen molar-refractivity contribution in [2.24, 2.45) is 5.92 Å². The summed E-state index contributed by atoms with van der Waals surface area (Å²) in [5, 5.41) is 19.7. The van der Waals surface area contributed by atoms with E-state index in [0.29, 0.717) is 19.3 Å². The minimum Gasteiger partial charge on any atom is -0.396 e. The SMILES string of the molecule is CC12CCC(C(O)(CCCO)C1)C(C)(C)O2. The molecule has 3 nitrogen and oxygen atoms in total. The van der Waals surface area contributed by atoms with Crippen LogP contribution in [0, 0.1) is 5.92 Å². The van der Waals surface area contributed by atoms with Gasteiger partial charge < -0.3 is 14.9 Å². The highest BCUT2D eigenvalue weighted by Gasteiger charge is 2.59. The number of aliphatic hydroxyl groups is 2. The molecule has 16 heavy (non-hydrogen) atoms. The highest BCUT2D eigenvalue weighted by molar-refractivity contribution is 5.09. The molecule has 1 saturated carbocycles. The second kappa shape index (κ2) is 3.69. The smallest absolute Gasteiger partial charge is 0.0731 e. The Morgan fingerprint density at radius 1 is 1.31 bits per heavy atom. The molecule has 2 bridgehead atoms. The molecule has 0 spiro atoms. The van der Waals surface area contributed by atoms with Crippen molar-refractivity contribution >= 4 is 0 Å². The van der Waals surface area contributed by atoms with E-state index < -0.39 is 5.60 Å². The van der Waals surface area contributed by atoms with Gasteiger partial charge in [0.2, 0.25) is 0 Å². The molecule has 3 fully saturated rings. The topological polar surface area (TPSA) is 49.7 Å². The summed E-state index contributed by atoms with van der Waals surface area (Å²) in [7, 11) is 0. The Hall–Kier alpha value is -0.120. The number of aliphatic hydroxyl groups excluding tert-OH is 1. The van der Waals surface area contributed by atoms with Crippen molar-refractivity contribution < 1.29 is 14.9 Å². The van der Waals surface area contributed by atoms with Gasteiger partial charge in [-0.05, 0) is 46.5 Å². The van der Waals surface area contributed by atoms with Gasteiger partial charge in [-0.15, -0.1) is 0 Å². The predicted molar refractivity (Wildman–Crippen MR) is 62.2 cm³/mol. The lowest BCUT2D eigenvalue weighted by molar-refractivity contribution is -0.298. The first kappa shape index (κ1) is 12.3. The van der Waals surface area contributed by atoms with Crippen LogP contribution in [0.2, 0.25) is 0 Å². The maximum atomic E-state index is 10.8. The van der Waals surface area contributed by atoms with Crippen molar-refractivity contribution in [3.8, 4) is 0 Å². The second-order valence-electron chi connectivity index (χ2n) is 6.35. The first-order valence-electron chi connectivity index (χ1n) is 6.35. The summed E-state index contributed by atoms with van der Waals surface area (Å²) >= 11 is 0. The van der Waals surface area contributed by atoms with E-state index >= 15 is 0 Å². The van der Waals surface area contributed by atoms with E-state index in [4.69, 9.17) is 9.84 Å². The third kappa shape index (κ3) is 1.89. The quantitative estimate of drug-likeness (QED) is 0.775. The minimum absolute atomic E-state index is 0.160. The Balaban J connectivity index is 2.22. The molecule has 3 aliphatic rings. The summed E-state index contributed by atoms with van der Waals surface area (Å²) in [5.41, 5.74) is -1.06. The van der Waals surface area contributed by atoms with E-state index in [2.05, 4.69) is 20.8 Å². The molecule has 0 radical (unpaired) electrons. The van der Waals surface area contributed by atoms with Gasteiger partial charge in [0.15, 0.2) is 0 Å². The molecule has 2 heterocycles. The largest absolute Gasteiger partial charge is 0.396 e. The first-order valence-corrected chi connectivity index (χ1v) is 6.35. The fraction of sp³-hybridized carbons (Fsp3) is 1.00. The molecule has 3 atom stereocenters. The average Bonchev–Trinajstić information content (AvgIpc) is 2.11. The van der Waals surface area contributed by atoms with Crippen LogP contribution in [0.5, 0.6) is 0 Å². The van der Waals surface area contributed by atoms with E-state index in [-0.39, 0.29) is 23.7 Å². The molecule has 0 aromatic rings. The van der Waals surface area contributed by atoms with Crippen LogP contribution >= 0.6 is 0 Å². The third-order valence-electron chi connectivity index (χ3n) is 4.41. The first-order chi connectivity index (χ1) is 7.31. The molecule has 0 amide bonds. The maximum absolute atomic E-state index is 10.8. The van der Waals surface area contributed by atoms with Crippen LogP contribution in [0.3, 0.4) is 0 Å². The minimum atomic E-state index is -0.641. The van der Waals surface area contributed by atoms with Gasteiger partial charge in [-0.3, -0.25) is 0 Å². The van der Waals surface area contributed by atoms with Crippen molar-refractivity contribution in [2.45, 2.75) is 69.7 Å². The van der Waals surface area contributed by atoms with Crippen LogP contribution in [0.25, 0.3) is 0 Å². The molecular weight excluding hydrogens is 204 g/mol. The molecule has 0 aromatic heterocycles. The normalized spacial score (nSPS) is 45.9. The molecule has 94 valence electrons. The zero-order valence-corrected chi connectivity index (χ0v) is 10.6. The number of rotatable bonds is 3. The Morgan fingerprint density at radius 2 is 2.00 bits per heavy atom. The summed E-state index contributed by atoms with van der Waals surface area (Å²) in [6.07, 6.45) is 4.16. The zero-order chi connectivity index (χ0) is 12.0. The Morgan fingerprint density at radius 3 is 2.50 bits per heavy atom. The summed E-state index contributed by atoms with van der Waals surface area (Å²) in [6.45, 7) is 6.43. The molecule has 2 saturated heterocycles. The number of hydrogen-bond donors (Lipinski definition) is 2. The van der Waals surface area contributed by atoms with Gasteiger partial charge in [-0.2, -0.15) is 0 Å². The molecule has 3 heteroatoms. The lowest BCUT2D eigenvalue weighted by Crippen LogP contribution is -2.65. The second-order valence-corrected chi connectivity index (χ2v) is 6.35. The highest BCUT2D eigenvalue weighted by atomic mass is 16.5. The van der Waals surface area contributed by atoms with Crippen LogP contribution in [-0.2, 0) is 4.74 Å². The summed E-state index contributed by atoms with van der Waals surface area (Å²) in [6, 6.07) is 0. The van der Waals surface area contributed by atoms with E-state index in [1.807, 2.05) is 0 Å². The predicted octanol–water partition coefficient (Wildman–Crippen LogP) is 1.86. The zero-order valence-electron chi connectivity index (χ0n) is 10.6. The van der Waals surface area contributed by atoms with Crippen LogP contribution in [0.1, 0.15) is 52.9 Å². The standard InChI is InChI=1S/C13H24O3/c1-11(2)10-5-7-12(3,16-11)9-13(10,15)6-4-8-14/h10,14-15H,4-9H2,1-3H3. The molecule has 3 unspecified atom stereocenters. The maximum Gasteiger partial charge on any atom is 0.0731 e. The average molecular weight is 228 g/mol. The monoisotopic (exact) mass is 228 g/mol.